The molecular weight excluding hydrogens is 466 g/mol. The van der Waals surface area contributed by atoms with Crippen LogP contribution in [0, 0.1) is 0 Å². The SMILES string of the molecule is CCOc1ccc(N(CC(=O)N(Cc2ccccc2)[C@H](CC)C(=O)NC(C)(C)C)S(C)(=O)=O)cc1. The van der Waals surface area contributed by atoms with Crippen LogP contribution in [0.25, 0.3) is 0 Å². The second kappa shape index (κ2) is 12.1. The molecule has 0 heterocycles. The van der Waals surface area contributed by atoms with Crippen molar-refractivity contribution in [3.8, 4) is 5.75 Å². The number of nitrogens with zero attached hydrogens (tertiary/aromatic N) is 2. The highest BCUT2D eigenvalue weighted by atomic mass is 32.2. The molecule has 8 nitrogen and oxygen atoms in total. The minimum absolute atomic E-state index is 0.177. The number of hydrogen-bond donors (Lipinski definition) is 1. The molecule has 0 fully saturated rings. The highest BCUT2D eigenvalue weighted by molar-refractivity contribution is 7.92. The normalized spacial score (nSPS) is 12.5. The molecule has 0 aromatic heterocycles. The quantitative estimate of drug-likeness (QED) is 0.506. The van der Waals surface area contributed by atoms with Gasteiger partial charge in [-0.1, -0.05) is 37.3 Å². The molecular formula is C26H37N3O5S. The van der Waals surface area contributed by atoms with Crippen LogP contribution in [0.3, 0.4) is 0 Å². The molecule has 1 N–H and O–H groups in total. The average Bonchev–Trinajstić information content (AvgIpc) is 2.77. The van der Waals surface area contributed by atoms with E-state index in [0.29, 0.717) is 24.5 Å². The van der Waals surface area contributed by atoms with E-state index in [0.717, 1.165) is 16.1 Å². The van der Waals surface area contributed by atoms with Gasteiger partial charge in [0.05, 0.1) is 18.6 Å². The fourth-order valence-corrected chi connectivity index (χ4v) is 4.49. The number of amides is 2. The van der Waals surface area contributed by atoms with Crippen LogP contribution in [-0.4, -0.2) is 56.1 Å². The van der Waals surface area contributed by atoms with Crippen LogP contribution in [0.5, 0.6) is 5.75 Å². The predicted molar refractivity (Wildman–Crippen MR) is 139 cm³/mol. The van der Waals surface area contributed by atoms with E-state index in [1.807, 2.05) is 65.0 Å². The van der Waals surface area contributed by atoms with Crippen LogP contribution < -0.4 is 14.4 Å². The van der Waals surface area contributed by atoms with Gasteiger partial charge >= 0.3 is 0 Å². The van der Waals surface area contributed by atoms with Crippen molar-refractivity contribution in [2.24, 2.45) is 0 Å². The highest BCUT2D eigenvalue weighted by Gasteiger charge is 2.33. The summed E-state index contributed by atoms with van der Waals surface area (Å²) in [7, 11) is -3.78. The van der Waals surface area contributed by atoms with E-state index in [-0.39, 0.29) is 12.5 Å². The third-order valence-electron chi connectivity index (χ3n) is 5.19. The average molecular weight is 504 g/mol. The molecule has 192 valence electrons. The maximum absolute atomic E-state index is 13.6. The monoisotopic (exact) mass is 503 g/mol. The molecule has 0 aliphatic carbocycles. The van der Waals surface area contributed by atoms with E-state index >= 15 is 0 Å². The number of rotatable bonds is 11. The van der Waals surface area contributed by atoms with E-state index < -0.39 is 34.1 Å². The molecule has 35 heavy (non-hydrogen) atoms. The molecule has 1 atom stereocenters. The predicted octanol–water partition coefficient (Wildman–Crippen LogP) is 3.57. The van der Waals surface area contributed by atoms with Gasteiger partial charge in [-0.25, -0.2) is 8.42 Å². The molecule has 0 saturated heterocycles. The number of ether oxygens (including phenoxy) is 1. The molecule has 9 heteroatoms. The number of carbonyl (C=O) groups excluding carboxylic acids is 2. The summed E-state index contributed by atoms with van der Waals surface area (Å²) in [5, 5.41) is 2.95. The highest BCUT2D eigenvalue weighted by Crippen LogP contribution is 2.23. The Kier molecular flexibility index (Phi) is 9.71. The Bertz CT molecular complexity index is 1080. The first-order valence-electron chi connectivity index (χ1n) is 11.7. The summed E-state index contributed by atoms with van der Waals surface area (Å²) in [6.07, 6.45) is 1.43. The summed E-state index contributed by atoms with van der Waals surface area (Å²) in [6, 6.07) is 15.1. The van der Waals surface area contributed by atoms with Crippen molar-refractivity contribution in [3.63, 3.8) is 0 Å². The van der Waals surface area contributed by atoms with Crippen molar-refractivity contribution < 1.29 is 22.7 Å². The van der Waals surface area contributed by atoms with Crippen molar-refractivity contribution in [3.05, 3.63) is 60.2 Å². The Labute approximate surface area is 209 Å². The Balaban J connectivity index is 2.41. The fraction of sp³-hybridized carbons (Fsp3) is 0.462. The van der Waals surface area contributed by atoms with Gasteiger partial charge in [0.25, 0.3) is 0 Å². The van der Waals surface area contributed by atoms with Crippen LogP contribution >= 0.6 is 0 Å². The van der Waals surface area contributed by atoms with E-state index in [2.05, 4.69) is 5.32 Å². The molecule has 0 bridgehead atoms. The standard InChI is InChI=1S/C26H37N3O5S/c1-7-23(25(31)27-26(3,4)5)28(18-20-12-10-9-11-13-20)24(30)19-29(35(6,32)33)21-14-16-22(17-15-21)34-8-2/h9-17,23H,7-8,18-19H2,1-6H3,(H,27,31)/t23-/m1/s1. The number of sulfonamides is 1. The van der Waals surface area contributed by atoms with E-state index in [9.17, 15) is 18.0 Å². The first kappa shape index (κ1) is 28.2. The molecule has 2 amide bonds. The minimum Gasteiger partial charge on any atom is -0.494 e. The molecule has 0 aliphatic rings. The van der Waals surface area contributed by atoms with Crippen LogP contribution in [0.2, 0.25) is 0 Å². The lowest BCUT2D eigenvalue weighted by molar-refractivity contribution is -0.141. The smallest absolute Gasteiger partial charge is 0.244 e. The molecule has 0 spiro atoms. The van der Waals surface area contributed by atoms with Gasteiger partial charge in [-0.3, -0.25) is 13.9 Å². The van der Waals surface area contributed by atoms with E-state index in [1.165, 1.54) is 4.90 Å². The Morgan fingerprint density at radius 3 is 2.09 bits per heavy atom. The minimum atomic E-state index is -3.78. The molecule has 2 aromatic carbocycles. The third kappa shape index (κ3) is 8.58. The van der Waals surface area contributed by atoms with E-state index in [4.69, 9.17) is 4.74 Å². The Morgan fingerprint density at radius 2 is 1.60 bits per heavy atom. The topological polar surface area (TPSA) is 96.0 Å². The van der Waals surface area contributed by atoms with Crippen molar-refractivity contribution >= 4 is 27.5 Å². The summed E-state index contributed by atoms with van der Waals surface area (Å²) < 4.78 is 31.8. The Morgan fingerprint density at radius 1 is 1.00 bits per heavy atom. The summed E-state index contributed by atoms with van der Waals surface area (Å²) >= 11 is 0. The van der Waals surface area contributed by atoms with Crippen LogP contribution in [0.4, 0.5) is 5.69 Å². The van der Waals surface area contributed by atoms with Gasteiger partial charge in [-0.2, -0.15) is 0 Å². The van der Waals surface area contributed by atoms with Gasteiger partial charge in [-0.15, -0.1) is 0 Å². The van der Waals surface area contributed by atoms with Gasteiger partial charge in [-0.05, 0) is 63.9 Å². The molecule has 0 saturated carbocycles. The maximum atomic E-state index is 13.6. The van der Waals surface area contributed by atoms with Crippen molar-refractivity contribution in [1.82, 2.24) is 10.2 Å². The summed E-state index contributed by atoms with van der Waals surface area (Å²) in [6.45, 7) is 9.54. The molecule has 2 aromatic rings. The van der Waals surface area contributed by atoms with Crippen LogP contribution in [-0.2, 0) is 26.2 Å². The summed E-state index contributed by atoms with van der Waals surface area (Å²) in [5.41, 5.74) is 0.707. The molecule has 0 radical (unpaired) electrons. The van der Waals surface area contributed by atoms with Gasteiger partial charge in [0.2, 0.25) is 21.8 Å². The number of nitrogens with one attached hydrogen (secondary N) is 1. The zero-order valence-electron chi connectivity index (χ0n) is 21.4. The van der Waals surface area contributed by atoms with Gasteiger partial charge in [0, 0.05) is 12.1 Å². The summed E-state index contributed by atoms with van der Waals surface area (Å²) in [4.78, 5) is 28.2. The van der Waals surface area contributed by atoms with E-state index in [1.54, 1.807) is 24.3 Å². The lowest BCUT2D eigenvalue weighted by Gasteiger charge is -2.34. The van der Waals surface area contributed by atoms with Gasteiger partial charge in [0.1, 0.15) is 18.3 Å². The second-order valence-corrected chi connectivity index (χ2v) is 11.3. The Hall–Kier alpha value is -3.07. The van der Waals surface area contributed by atoms with Crippen LogP contribution in [0.15, 0.2) is 54.6 Å². The van der Waals surface area contributed by atoms with Gasteiger partial charge in [0.15, 0.2) is 0 Å². The number of hydrogen-bond acceptors (Lipinski definition) is 5. The fourth-order valence-electron chi connectivity index (χ4n) is 3.64. The number of carbonyl (C=O) groups is 2. The first-order chi connectivity index (χ1) is 16.4. The zero-order valence-corrected chi connectivity index (χ0v) is 22.3. The number of benzene rings is 2. The lowest BCUT2D eigenvalue weighted by Crippen LogP contribution is -2.55. The van der Waals surface area contributed by atoms with Crippen molar-refractivity contribution in [2.45, 2.75) is 59.2 Å². The van der Waals surface area contributed by atoms with Gasteiger partial charge < -0.3 is 15.0 Å². The van der Waals surface area contributed by atoms with Crippen LogP contribution in [0.1, 0.15) is 46.6 Å². The van der Waals surface area contributed by atoms with Crippen molar-refractivity contribution in [2.75, 3.05) is 23.7 Å². The van der Waals surface area contributed by atoms with Crippen molar-refractivity contribution in [1.29, 1.82) is 0 Å². The molecule has 0 aliphatic heterocycles. The largest absolute Gasteiger partial charge is 0.494 e. The second-order valence-electron chi connectivity index (χ2n) is 9.37. The summed E-state index contributed by atoms with van der Waals surface area (Å²) in [5.74, 6) is -0.146. The number of anilines is 1. The maximum Gasteiger partial charge on any atom is 0.244 e. The molecule has 0 unspecified atom stereocenters. The third-order valence-corrected chi connectivity index (χ3v) is 6.34. The first-order valence-corrected chi connectivity index (χ1v) is 13.6. The lowest BCUT2D eigenvalue weighted by atomic mass is 10.1. The molecule has 2 rings (SSSR count). The zero-order chi connectivity index (χ0) is 26.2.